The largest absolute Gasteiger partial charge is 0.315 e. The van der Waals surface area contributed by atoms with Gasteiger partial charge in [-0.1, -0.05) is 18.2 Å². The van der Waals surface area contributed by atoms with Crippen LogP contribution >= 0.6 is 11.3 Å². The summed E-state index contributed by atoms with van der Waals surface area (Å²) in [5.41, 5.74) is 2.90. The fourth-order valence-electron chi connectivity index (χ4n) is 3.33. The van der Waals surface area contributed by atoms with Crippen molar-refractivity contribution >= 4 is 22.9 Å². The molecule has 4 rings (SSSR count). The summed E-state index contributed by atoms with van der Waals surface area (Å²) in [7, 11) is 1.82. The lowest BCUT2D eigenvalue weighted by atomic mass is 10.2. The van der Waals surface area contributed by atoms with Crippen molar-refractivity contribution in [3.05, 3.63) is 67.8 Å². The van der Waals surface area contributed by atoms with Gasteiger partial charge in [0.25, 0.3) is 11.5 Å². The summed E-state index contributed by atoms with van der Waals surface area (Å²) >= 11 is 1.54. The van der Waals surface area contributed by atoms with Crippen molar-refractivity contribution in [1.29, 1.82) is 0 Å². The molecule has 3 aromatic rings. The van der Waals surface area contributed by atoms with Gasteiger partial charge in [-0.05, 0) is 49.9 Å². The first-order valence-electron chi connectivity index (χ1n) is 8.33. The molecule has 0 radical (unpaired) electrons. The van der Waals surface area contributed by atoms with Crippen LogP contribution in [0.3, 0.4) is 0 Å². The van der Waals surface area contributed by atoms with Crippen molar-refractivity contribution in [3.8, 4) is 5.69 Å². The summed E-state index contributed by atoms with van der Waals surface area (Å²) in [4.78, 5) is 27.5. The molecular weight excluding hydrogens is 334 g/mol. The zero-order valence-corrected chi connectivity index (χ0v) is 15.0. The average Bonchev–Trinajstić information content (AvgIpc) is 3.26. The molecule has 0 saturated heterocycles. The smallest absolute Gasteiger partial charge is 0.295 e. The number of carbonyl (C=O) groups excluding carboxylic acids is 1. The number of amides is 1. The molecule has 1 amide bonds. The maximum atomic E-state index is 12.8. The number of rotatable bonds is 3. The molecule has 2 heterocycles. The Kier molecular flexibility index (Phi) is 3.84. The van der Waals surface area contributed by atoms with Crippen LogP contribution in [0.15, 0.2) is 41.2 Å². The lowest BCUT2D eigenvalue weighted by molar-refractivity contribution is 0.103. The summed E-state index contributed by atoms with van der Waals surface area (Å²) < 4.78 is 3.33. The molecule has 0 fully saturated rings. The molecular formula is C19H19N3O2S. The Morgan fingerprint density at radius 3 is 2.68 bits per heavy atom. The van der Waals surface area contributed by atoms with Gasteiger partial charge in [0.05, 0.1) is 16.3 Å². The van der Waals surface area contributed by atoms with E-state index in [0.29, 0.717) is 10.6 Å². The van der Waals surface area contributed by atoms with Crippen LogP contribution in [0.1, 0.15) is 32.2 Å². The van der Waals surface area contributed by atoms with E-state index in [1.54, 1.807) is 20.7 Å². The molecule has 1 aromatic carbocycles. The molecule has 1 aliphatic carbocycles. The Bertz CT molecular complexity index is 990. The van der Waals surface area contributed by atoms with Crippen LogP contribution < -0.4 is 10.9 Å². The number of nitrogens with zero attached hydrogens (tertiary/aromatic N) is 2. The van der Waals surface area contributed by atoms with Gasteiger partial charge in [0.15, 0.2) is 0 Å². The van der Waals surface area contributed by atoms with Gasteiger partial charge >= 0.3 is 0 Å². The van der Waals surface area contributed by atoms with Crippen molar-refractivity contribution in [1.82, 2.24) is 9.36 Å². The predicted molar refractivity (Wildman–Crippen MR) is 100 cm³/mol. The van der Waals surface area contributed by atoms with E-state index in [1.807, 2.05) is 50.4 Å². The Labute approximate surface area is 149 Å². The highest BCUT2D eigenvalue weighted by Crippen LogP contribution is 2.31. The summed E-state index contributed by atoms with van der Waals surface area (Å²) in [5, 5.41) is 2.83. The lowest BCUT2D eigenvalue weighted by Gasteiger charge is -2.07. The number of aryl methyl sites for hydroxylation is 2. The average molecular weight is 353 g/mol. The SMILES string of the molecule is Cc1c(NC(=O)c2cc3c(s2)CCC3)c(=O)n(-c2ccccc2)n1C. The first-order chi connectivity index (χ1) is 12.1. The number of benzene rings is 1. The van der Waals surface area contributed by atoms with E-state index in [9.17, 15) is 9.59 Å². The Morgan fingerprint density at radius 2 is 1.96 bits per heavy atom. The van der Waals surface area contributed by atoms with E-state index < -0.39 is 0 Å². The minimum atomic E-state index is -0.219. The van der Waals surface area contributed by atoms with Crippen LogP contribution in [0, 0.1) is 6.92 Å². The Hall–Kier alpha value is -2.60. The number of anilines is 1. The fraction of sp³-hybridized carbons (Fsp3) is 0.263. The Balaban J connectivity index is 1.69. The number of hydrogen-bond donors (Lipinski definition) is 1. The maximum absolute atomic E-state index is 12.8. The Morgan fingerprint density at radius 1 is 1.20 bits per heavy atom. The van der Waals surface area contributed by atoms with Crippen molar-refractivity contribution in [3.63, 3.8) is 0 Å². The molecule has 1 aliphatic rings. The number of nitrogens with one attached hydrogen (secondary N) is 1. The molecule has 0 saturated carbocycles. The van der Waals surface area contributed by atoms with Crippen LogP contribution in [-0.4, -0.2) is 15.3 Å². The molecule has 0 bridgehead atoms. The highest BCUT2D eigenvalue weighted by molar-refractivity contribution is 7.14. The third-order valence-corrected chi connectivity index (χ3v) is 6.00. The van der Waals surface area contributed by atoms with Crippen molar-refractivity contribution in [2.24, 2.45) is 7.05 Å². The standard InChI is InChI=1S/C19H19N3O2S/c1-12-17(19(24)22(21(12)2)14-8-4-3-5-9-14)20-18(23)16-11-13-7-6-10-15(13)25-16/h3-5,8-9,11H,6-7,10H2,1-2H3,(H,20,23). The fourth-order valence-corrected chi connectivity index (χ4v) is 4.48. The van der Waals surface area contributed by atoms with Crippen LogP contribution in [0.2, 0.25) is 0 Å². The van der Waals surface area contributed by atoms with E-state index >= 15 is 0 Å². The van der Waals surface area contributed by atoms with E-state index in [-0.39, 0.29) is 11.5 Å². The molecule has 0 atom stereocenters. The predicted octanol–water partition coefficient (Wildman–Crippen LogP) is 3.29. The lowest BCUT2D eigenvalue weighted by Crippen LogP contribution is -2.22. The summed E-state index contributed by atoms with van der Waals surface area (Å²) in [6.07, 6.45) is 3.27. The molecule has 128 valence electrons. The molecule has 1 N–H and O–H groups in total. The van der Waals surface area contributed by atoms with Gasteiger partial charge in [-0.15, -0.1) is 11.3 Å². The topological polar surface area (TPSA) is 56.0 Å². The van der Waals surface area contributed by atoms with Gasteiger partial charge in [-0.2, -0.15) is 0 Å². The second kappa shape index (κ2) is 6.04. The molecule has 5 nitrogen and oxygen atoms in total. The van der Waals surface area contributed by atoms with Crippen LogP contribution in [0.25, 0.3) is 5.69 Å². The van der Waals surface area contributed by atoms with Crippen LogP contribution in [0.5, 0.6) is 0 Å². The van der Waals surface area contributed by atoms with Crippen molar-refractivity contribution in [2.45, 2.75) is 26.2 Å². The molecule has 2 aromatic heterocycles. The van der Waals surface area contributed by atoms with Crippen molar-refractivity contribution in [2.75, 3.05) is 5.32 Å². The normalized spacial score (nSPS) is 13.0. The first-order valence-corrected chi connectivity index (χ1v) is 9.15. The molecule has 6 heteroatoms. The number of fused-ring (bicyclic) bond motifs is 1. The van der Waals surface area contributed by atoms with E-state index in [4.69, 9.17) is 0 Å². The third-order valence-electron chi connectivity index (χ3n) is 4.76. The first kappa shape index (κ1) is 15.9. The minimum Gasteiger partial charge on any atom is -0.315 e. The summed E-state index contributed by atoms with van der Waals surface area (Å²) in [6.45, 7) is 1.84. The second-order valence-electron chi connectivity index (χ2n) is 6.30. The van der Waals surface area contributed by atoms with Gasteiger partial charge in [0, 0.05) is 11.9 Å². The monoisotopic (exact) mass is 353 g/mol. The number of thiophene rings is 1. The third kappa shape index (κ3) is 2.62. The van der Waals surface area contributed by atoms with Gasteiger partial charge < -0.3 is 5.32 Å². The number of para-hydroxylation sites is 1. The molecule has 0 spiro atoms. The van der Waals surface area contributed by atoms with Gasteiger partial charge in [0.1, 0.15) is 5.69 Å². The van der Waals surface area contributed by atoms with E-state index in [0.717, 1.165) is 24.2 Å². The van der Waals surface area contributed by atoms with Gasteiger partial charge in [0.2, 0.25) is 0 Å². The zero-order valence-electron chi connectivity index (χ0n) is 14.2. The molecule has 0 aliphatic heterocycles. The second-order valence-corrected chi connectivity index (χ2v) is 7.44. The van der Waals surface area contributed by atoms with E-state index in [2.05, 4.69) is 5.32 Å². The minimum absolute atomic E-state index is 0.203. The zero-order chi connectivity index (χ0) is 17.6. The maximum Gasteiger partial charge on any atom is 0.295 e. The summed E-state index contributed by atoms with van der Waals surface area (Å²) in [5.74, 6) is -0.203. The molecule has 0 unspecified atom stereocenters. The van der Waals surface area contributed by atoms with Crippen molar-refractivity contribution < 1.29 is 4.79 Å². The number of carbonyl (C=O) groups is 1. The summed E-state index contributed by atoms with van der Waals surface area (Å²) in [6, 6.07) is 11.4. The molecule has 25 heavy (non-hydrogen) atoms. The van der Waals surface area contributed by atoms with Crippen LogP contribution in [0.4, 0.5) is 5.69 Å². The van der Waals surface area contributed by atoms with Crippen LogP contribution in [-0.2, 0) is 19.9 Å². The number of aromatic nitrogens is 2. The van der Waals surface area contributed by atoms with Gasteiger partial charge in [-0.25, -0.2) is 4.68 Å². The quantitative estimate of drug-likeness (QED) is 0.785. The highest BCUT2D eigenvalue weighted by atomic mass is 32.1. The van der Waals surface area contributed by atoms with Gasteiger partial charge in [-0.3, -0.25) is 14.3 Å². The number of hydrogen-bond acceptors (Lipinski definition) is 3. The highest BCUT2D eigenvalue weighted by Gasteiger charge is 2.22. The van der Waals surface area contributed by atoms with E-state index in [1.165, 1.54) is 16.9 Å².